The summed E-state index contributed by atoms with van der Waals surface area (Å²) in [6.07, 6.45) is 0. The molecule has 0 unspecified atom stereocenters. The van der Waals surface area contributed by atoms with Gasteiger partial charge in [-0.2, -0.15) is 0 Å². The van der Waals surface area contributed by atoms with E-state index >= 15 is 0 Å². The van der Waals surface area contributed by atoms with Crippen LogP contribution in [0.3, 0.4) is 0 Å². The summed E-state index contributed by atoms with van der Waals surface area (Å²) in [6.45, 7) is 3.78. The summed E-state index contributed by atoms with van der Waals surface area (Å²) in [5.74, 6) is -1.48. The minimum atomic E-state index is -1.12. The molecule has 0 saturated carbocycles. The van der Waals surface area contributed by atoms with Crippen LogP contribution in [0, 0.1) is 5.92 Å². The average Bonchev–Trinajstić information content (AvgIpc) is 2.30. The molecular formula is C12H14ClN3O2. The fourth-order valence-corrected chi connectivity index (χ4v) is 2.07. The molecule has 1 aromatic carbocycles. The van der Waals surface area contributed by atoms with Gasteiger partial charge in [0.1, 0.15) is 6.04 Å². The zero-order valence-electron chi connectivity index (χ0n) is 10.1. The van der Waals surface area contributed by atoms with Crippen molar-refractivity contribution in [2.24, 2.45) is 11.0 Å². The van der Waals surface area contributed by atoms with Crippen molar-refractivity contribution in [2.75, 3.05) is 0 Å². The van der Waals surface area contributed by atoms with E-state index in [-0.39, 0.29) is 11.8 Å². The largest absolute Gasteiger partial charge is 0.481 e. The molecule has 0 fully saturated rings. The summed E-state index contributed by atoms with van der Waals surface area (Å²) in [5.41, 5.74) is 9.28. The van der Waals surface area contributed by atoms with Crippen LogP contribution in [-0.2, 0) is 4.79 Å². The Hall–Kier alpha value is -1.71. The Labute approximate surface area is 110 Å². The van der Waals surface area contributed by atoms with Crippen LogP contribution in [0.5, 0.6) is 0 Å². The molecule has 18 heavy (non-hydrogen) atoms. The molecule has 0 saturated heterocycles. The highest BCUT2D eigenvalue weighted by Gasteiger charge is 2.30. The molecule has 96 valence electrons. The molecule has 0 radical (unpaired) electrons. The molecule has 0 bridgehead atoms. The van der Waals surface area contributed by atoms with E-state index < -0.39 is 12.0 Å². The number of carboxylic acids is 1. The lowest BCUT2D eigenvalue weighted by molar-refractivity contribution is -0.139. The molecule has 6 heteroatoms. The lowest BCUT2D eigenvalue weighted by atomic mass is 9.83. The van der Waals surface area contributed by atoms with Gasteiger partial charge >= 0.3 is 5.97 Å². The predicted octanol–water partition coefficient (Wildman–Crippen LogP) is 3.84. The molecule has 0 aliphatic heterocycles. The topological polar surface area (TPSA) is 86.1 Å². The maximum atomic E-state index is 11.2. The zero-order chi connectivity index (χ0) is 13.7. The number of hydrogen-bond donors (Lipinski definition) is 1. The molecule has 0 aliphatic rings. The first-order chi connectivity index (χ1) is 8.47. The first-order valence-corrected chi connectivity index (χ1v) is 5.87. The van der Waals surface area contributed by atoms with E-state index in [9.17, 15) is 4.79 Å². The molecule has 0 aromatic heterocycles. The van der Waals surface area contributed by atoms with Crippen molar-refractivity contribution in [1.29, 1.82) is 0 Å². The Morgan fingerprint density at radius 2 is 1.94 bits per heavy atom. The van der Waals surface area contributed by atoms with Crippen molar-refractivity contribution in [3.05, 3.63) is 45.3 Å². The standard InChI is InChI=1S/C12H14ClN3O2/c1-7(2)10(11(12(17)18)15-16-14)8-3-5-9(13)6-4-8/h3-7,10-11H,1-2H3,(H,17,18)/t10-,11+/m1/s1. The lowest BCUT2D eigenvalue weighted by Crippen LogP contribution is -2.29. The third-order valence-electron chi connectivity index (χ3n) is 2.74. The normalized spacial score (nSPS) is 13.8. The summed E-state index contributed by atoms with van der Waals surface area (Å²) < 4.78 is 0. The smallest absolute Gasteiger partial charge is 0.313 e. The van der Waals surface area contributed by atoms with Gasteiger partial charge in [-0.1, -0.05) is 42.7 Å². The molecule has 0 aliphatic carbocycles. The maximum absolute atomic E-state index is 11.2. The van der Waals surface area contributed by atoms with Crippen molar-refractivity contribution in [1.82, 2.24) is 0 Å². The van der Waals surface area contributed by atoms with Crippen molar-refractivity contribution in [3.63, 3.8) is 0 Å². The minimum absolute atomic E-state index is 0.0257. The van der Waals surface area contributed by atoms with Gasteiger partial charge in [0.15, 0.2) is 0 Å². The van der Waals surface area contributed by atoms with Crippen LogP contribution in [-0.4, -0.2) is 17.1 Å². The van der Waals surface area contributed by atoms with Gasteiger partial charge < -0.3 is 5.11 Å². The number of hydrogen-bond acceptors (Lipinski definition) is 2. The second kappa shape index (κ2) is 6.28. The molecule has 1 N–H and O–H groups in total. The highest BCUT2D eigenvalue weighted by molar-refractivity contribution is 6.30. The van der Waals surface area contributed by atoms with Gasteiger partial charge in [0.2, 0.25) is 0 Å². The fraction of sp³-hybridized carbons (Fsp3) is 0.417. The zero-order valence-corrected chi connectivity index (χ0v) is 10.9. The number of aliphatic carboxylic acids is 1. The second-order valence-electron chi connectivity index (χ2n) is 4.31. The number of nitrogens with zero attached hydrogens (tertiary/aromatic N) is 3. The van der Waals surface area contributed by atoms with Crippen LogP contribution in [0.15, 0.2) is 29.4 Å². The van der Waals surface area contributed by atoms with E-state index in [0.29, 0.717) is 5.02 Å². The fourth-order valence-electron chi connectivity index (χ4n) is 1.95. The molecule has 5 nitrogen and oxygen atoms in total. The van der Waals surface area contributed by atoms with Gasteiger partial charge in [0.25, 0.3) is 0 Å². The molecule has 1 aromatic rings. The molecule has 2 atom stereocenters. The van der Waals surface area contributed by atoms with Gasteiger partial charge in [0, 0.05) is 15.9 Å². The van der Waals surface area contributed by atoms with E-state index in [1.165, 1.54) is 0 Å². The second-order valence-corrected chi connectivity index (χ2v) is 4.75. The number of carboxylic acid groups (broad SMARTS) is 1. The Balaban J connectivity index is 3.19. The Morgan fingerprint density at radius 1 is 1.39 bits per heavy atom. The van der Waals surface area contributed by atoms with Crippen molar-refractivity contribution in [3.8, 4) is 0 Å². The average molecular weight is 268 g/mol. The quantitative estimate of drug-likeness (QED) is 0.499. The van der Waals surface area contributed by atoms with Crippen molar-refractivity contribution in [2.45, 2.75) is 25.8 Å². The molecule has 0 amide bonds. The monoisotopic (exact) mass is 267 g/mol. The summed E-state index contributed by atoms with van der Waals surface area (Å²) in [5, 5.41) is 13.1. The molecule has 1 rings (SSSR count). The van der Waals surface area contributed by atoms with E-state index in [0.717, 1.165) is 5.56 Å². The first-order valence-electron chi connectivity index (χ1n) is 5.49. The third-order valence-corrected chi connectivity index (χ3v) is 2.99. The van der Waals surface area contributed by atoms with E-state index in [4.69, 9.17) is 22.2 Å². The SMILES string of the molecule is CC(C)[C@H](c1ccc(Cl)cc1)[C@H](N=[N+]=[N-])C(=O)O. The van der Waals surface area contributed by atoms with Crippen LogP contribution in [0.2, 0.25) is 5.02 Å². The molecular weight excluding hydrogens is 254 g/mol. The highest BCUT2D eigenvalue weighted by atomic mass is 35.5. The van der Waals surface area contributed by atoms with Crippen LogP contribution in [0.25, 0.3) is 10.4 Å². The summed E-state index contributed by atoms with van der Waals surface area (Å²) in [4.78, 5) is 13.8. The first kappa shape index (κ1) is 14.4. The van der Waals surface area contributed by atoms with E-state index in [2.05, 4.69) is 10.0 Å². The van der Waals surface area contributed by atoms with E-state index in [1.54, 1.807) is 24.3 Å². The Kier molecular flexibility index (Phi) is 5.01. The van der Waals surface area contributed by atoms with Gasteiger partial charge in [0.05, 0.1) is 0 Å². The van der Waals surface area contributed by atoms with Crippen LogP contribution < -0.4 is 0 Å². The van der Waals surface area contributed by atoms with E-state index in [1.807, 2.05) is 13.8 Å². The van der Waals surface area contributed by atoms with Crippen LogP contribution >= 0.6 is 11.6 Å². The van der Waals surface area contributed by atoms with Gasteiger partial charge in [-0.25, -0.2) is 0 Å². The number of carbonyl (C=O) groups is 1. The number of halogens is 1. The van der Waals surface area contributed by atoms with Gasteiger partial charge in [-0.3, -0.25) is 4.79 Å². The number of rotatable bonds is 5. The molecule has 0 spiro atoms. The highest BCUT2D eigenvalue weighted by Crippen LogP contribution is 2.31. The van der Waals surface area contributed by atoms with Crippen molar-refractivity contribution < 1.29 is 9.90 Å². The van der Waals surface area contributed by atoms with Gasteiger partial charge in [-0.15, -0.1) is 0 Å². The number of benzene rings is 1. The predicted molar refractivity (Wildman–Crippen MR) is 69.6 cm³/mol. The minimum Gasteiger partial charge on any atom is -0.481 e. The lowest BCUT2D eigenvalue weighted by Gasteiger charge is -2.24. The Morgan fingerprint density at radius 3 is 2.33 bits per heavy atom. The summed E-state index contributed by atoms with van der Waals surface area (Å²) in [6, 6.07) is 5.80. The Bertz CT molecular complexity index is 465. The molecule has 0 heterocycles. The third kappa shape index (κ3) is 3.39. The summed E-state index contributed by atoms with van der Waals surface area (Å²) >= 11 is 5.80. The summed E-state index contributed by atoms with van der Waals surface area (Å²) in [7, 11) is 0. The van der Waals surface area contributed by atoms with Crippen molar-refractivity contribution >= 4 is 17.6 Å². The number of azide groups is 1. The maximum Gasteiger partial charge on any atom is 0.313 e. The van der Waals surface area contributed by atoms with Crippen LogP contribution in [0.4, 0.5) is 0 Å². The van der Waals surface area contributed by atoms with Gasteiger partial charge in [-0.05, 0) is 29.1 Å². The van der Waals surface area contributed by atoms with Crippen LogP contribution in [0.1, 0.15) is 25.3 Å².